The second-order valence-electron chi connectivity index (χ2n) is 12.1. The number of amides is 5. The number of carbonyl (C=O) groups excluding carboxylic acids is 5. The Labute approximate surface area is 300 Å². The number of nitrogens with zero attached hydrogens (tertiary/aromatic N) is 2. The van der Waals surface area contributed by atoms with Crippen LogP contribution in [0.25, 0.3) is 10.9 Å². The summed E-state index contributed by atoms with van der Waals surface area (Å²) >= 11 is 0. The van der Waals surface area contributed by atoms with Gasteiger partial charge >= 0.3 is 13.1 Å². The molecule has 15 nitrogen and oxygen atoms in total. The molecule has 1 aliphatic rings. The maximum absolute atomic E-state index is 13.4. The molecule has 16 heteroatoms. The quantitative estimate of drug-likeness (QED) is 0.0450. The molecule has 5 rings (SSSR count). The van der Waals surface area contributed by atoms with Crippen LogP contribution in [0.4, 0.5) is 10.5 Å². The van der Waals surface area contributed by atoms with Gasteiger partial charge in [-0.1, -0.05) is 42.5 Å². The molecule has 5 amide bonds. The first-order valence-corrected chi connectivity index (χ1v) is 16.9. The van der Waals surface area contributed by atoms with Gasteiger partial charge < -0.3 is 50.3 Å². The van der Waals surface area contributed by atoms with Crippen LogP contribution in [0.1, 0.15) is 38.0 Å². The number of hydrogen-bond acceptors (Lipinski definition) is 9. The predicted molar refractivity (Wildman–Crippen MR) is 193 cm³/mol. The third-order valence-electron chi connectivity index (χ3n) is 8.51. The van der Waals surface area contributed by atoms with Gasteiger partial charge in [0, 0.05) is 61.5 Å². The standard InChI is InChI=1S/C36H41BN6O9/c1-24-23-42(34(46)26-6-3-2-4-7-26)16-17-43(24)35(47)32(44)29-22-40-31-28(29)8-5-9-30(31)41-36(48)39-15-19-52-21-20-51-18-14-38-33(45)25-10-12-27(13-11-25)37(49)50/h2-13,22,24,40,49-50H,14-21,23H2,1H3,(H,38,45)(H2,39,41,48)/t24-/m1/s1. The number of ketones is 1. The van der Waals surface area contributed by atoms with Crippen molar-refractivity contribution in [1.29, 1.82) is 0 Å². The Balaban J connectivity index is 0.996. The average molecular weight is 713 g/mol. The van der Waals surface area contributed by atoms with Crippen LogP contribution in [0.3, 0.4) is 0 Å². The Kier molecular flexibility index (Phi) is 13.1. The van der Waals surface area contributed by atoms with Crippen LogP contribution in [0.2, 0.25) is 0 Å². The van der Waals surface area contributed by atoms with Crippen LogP contribution in [0.5, 0.6) is 0 Å². The number of piperazine rings is 1. The molecule has 0 unspecified atom stereocenters. The summed E-state index contributed by atoms with van der Waals surface area (Å²) in [5, 5.41) is 26.9. The fourth-order valence-electron chi connectivity index (χ4n) is 5.77. The highest BCUT2D eigenvalue weighted by Crippen LogP contribution is 2.27. The van der Waals surface area contributed by atoms with E-state index < -0.39 is 24.8 Å². The van der Waals surface area contributed by atoms with E-state index in [0.29, 0.717) is 46.3 Å². The first-order chi connectivity index (χ1) is 25.1. The molecule has 0 spiro atoms. The number of rotatable bonds is 15. The molecule has 6 N–H and O–H groups in total. The summed E-state index contributed by atoms with van der Waals surface area (Å²) in [7, 11) is -1.59. The number of urea groups is 1. The lowest BCUT2D eigenvalue weighted by atomic mass is 9.80. The van der Waals surface area contributed by atoms with Gasteiger partial charge in [-0.25, -0.2) is 4.79 Å². The number of aromatic nitrogens is 1. The number of benzene rings is 3. The highest BCUT2D eigenvalue weighted by atomic mass is 16.5. The van der Waals surface area contributed by atoms with Gasteiger partial charge in [0.1, 0.15) is 0 Å². The molecule has 0 bridgehead atoms. The van der Waals surface area contributed by atoms with E-state index in [1.165, 1.54) is 35.4 Å². The number of carbonyl (C=O) groups is 5. The van der Waals surface area contributed by atoms with Crippen LogP contribution in [0, 0.1) is 0 Å². The van der Waals surface area contributed by atoms with Crippen LogP contribution in [0.15, 0.2) is 79.0 Å². The number of Topliss-reactive ketones (excluding diaryl/α,β-unsaturated/α-hetero) is 1. The topological polar surface area (TPSA) is 203 Å². The minimum absolute atomic E-state index is 0.117. The lowest BCUT2D eigenvalue weighted by Crippen LogP contribution is -2.56. The molecule has 0 saturated carbocycles. The number of hydrogen-bond donors (Lipinski definition) is 6. The summed E-state index contributed by atoms with van der Waals surface area (Å²) in [6, 6.07) is 19.1. The highest BCUT2D eigenvalue weighted by Gasteiger charge is 2.34. The molecule has 1 fully saturated rings. The Morgan fingerprint density at radius 1 is 0.827 bits per heavy atom. The van der Waals surface area contributed by atoms with Crippen molar-refractivity contribution in [2.45, 2.75) is 13.0 Å². The van der Waals surface area contributed by atoms with Gasteiger partial charge in [0.25, 0.3) is 23.5 Å². The fourth-order valence-corrected chi connectivity index (χ4v) is 5.77. The summed E-state index contributed by atoms with van der Waals surface area (Å²) in [5.41, 5.74) is 2.35. The Morgan fingerprint density at radius 3 is 2.19 bits per heavy atom. The van der Waals surface area contributed by atoms with Gasteiger partial charge in [-0.05, 0) is 42.7 Å². The molecule has 2 heterocycles. The third kappa shape index (κ3) is 9.61. The number of para-hydroxylation sites is 1. The van der Waals surface area contributed by atoms with Crippen LogP contribution in [-0.2, 0) is 14.3 Å². The molecule has 52 heavy (non-hydrogen) atoms. The first-order valence-electron chi connectivity index (χ1n) is 16.9. The van der Waals surface area contributed by atoms with E-state index in [9.17, 15) is 24.0 Å². The van der Waals surface area contributed by atoms with Crippen molar-refractivity contribution in [2.24, 2.45) is 0 Å². The summed E-state index contributed by atoms with van der Waals surface area (Å²) in [4.78, 5) is 70.6. The second-order valence-corrected chi connectivity index (χ2v) is 12.1. The Bertz CT molecular complexity index is 1870. The van der Waals surface area contributed by atoms with Crippen molar-refractivity contribution in [3.8, 4) is 0 Å². The lowest BCUT2D eigenvalue weighted by Gasteiger charge is -2.39. The second kappa shape index (κ2) is 18.1. The number of H-pyrrole nitrogens is 1. The molecule has 0 aliphatic carbocycles. The van der Waals surface area contributed by atoms with Gasteiger partial charge in [-0.2, -0.15) is 0 Å². The largest absolute Gasteiger partial charge is 0.488 e. The fraction of sp³-hybridized carbons (Fsp3) is 0.306. The number of fused-ring (bicyclic) bond motifs is 1. The summed E-state index contributed by atoms with van der Waals surface area (Å²) < 4.78 is 10.9. The smallest absolute Gasteiger partial charge is 0.423 e. The number of ether oxygens (including phenoxy) is 2. The van der Waals surface area contributed by atoms with E-state index >= 15 is 0 Å². The Morgan fingerprint density at radius 2 is 1.52 bits per heavy atom. The molecule has 1 saturated heterocycles. The molecule has 0 radical (unpaired) electrons. The molecular formula is C36H41BN6O9. The van der Waals surface area contributed by atoms with Crippen molar-refractivity contribution in [3.63, 3.8) is 0 Å². The normalized spacial score (nSPS) is 14.2. The van der Waals surface area contributed by atoms with Gasteiger partial charge in [-0.3, -0.25) is 19.2 Å². The number of nitrogens with one attached hydrogen (secondary N) is 4. The van der Waals surface area contributed by atoms with Crippen LogP contribution < -0.4 is 21.4 Å². The Hall–Kier alpha value is -5.55. The van der Waals surface area contributed by atoms with Gasteiger partial charge in [0.15, 0.2) is 0 Å². The van der Waals surface area contributed by atoms with E-state index in [0.717, 1.165) is 0 Å². The zero-order valence-electron chi connectivity index (χ0n) is 28.7. The molecule has 3 aromatic carbocycles. The maximum atomic E-state index is 13.4. The predicted octanol–water partition coefficient (Wildman–Crippen LogP) is 0.988. The van der Waals surface area contributed by atoms with Gasteiger partial charge in [-0.15, -0.1) is 0 Å². The van der Waals surface area contributed by atoms with Crippen molar-refractivity contribution in [2.75, 3.05) is 64.5 Å². The molecule has 1 atom stereocenters. The van der Waals surface area contributed by atoms with E-state index in [4.69, 9.17) is 19.5 Å². The summed E-state index contributed by atoms with van der Waals surface area (Å²) in [5.74, 6) is -1.76. The monoisotopic (exact) mass is 712 g/mol. The van der Waals surface area contributed by atoms with Gasteiger partial charge in [0.2, 0.25) is 0 Å². The first kappa shape index (κ1) is 37.7. The van der Waals surface area contributed by atoms with E-state index in [1.54, 1.807) is 47.4 Å². The van der Waals surface area contributed by atoms with Crippen LogP contribution >= 0.6 is 0 Å². The summed E-state index contributed by atoms with van der Waals surface area (Å²) in [6.07, 6.45) is 1.46. The molecule has 1 aromatic heterocycles. The number of aromatic amines is 1. The zero-order chi connectivity index (χ0) is 37.0. The van der Waals surface area contributed by atoms with Crippen molar-refractivity contribution in [3.05, 3.63) is 95.7 Å². The molecular weight excluding hydrogens is 671 g/mol. The van der Waals surface area contributed by atoms with E-state index in [2.05, 4.69) is 20.9 Å². The highest BCUT2D eigenvalue weighted by molar-refractivity contribution is 6.58. The van der Waals surface area contributed by atoms with Crippen molar-refractivity contribution in [1.82, 2.24) is 25.4 Å². The van der Waals surface area contributed by atoms with Crippen molar-refractivity contribution >= 4 is 58.7 Å². The molecule has 4 aromatic rings. The van der Waals surface area contributed by atoms with Gasteiger partial charge in [0.05, 0.1) is 43.2 Å². The average Bonchev–Trinajstić information content (AvgIpc) is 3.60. The third-order valence-corrected chi connectivity index (χ3v) is 8.51. The van der Waals surface area contributed by atoms with E-state index in [-0.39, 0.29) is 69.5 Å². The molecule has 272 valence electrons. The zero-order valence-corrected chi connectivity index (χ0v) is 28.7. The summed E-state index contributed by atoms with van der Waals surface area (Å²) in [6.45, 7) is 4.21. The van der Waals surface area contributed by atoms with Crippen LogP contribution in [-0.4, -0.2) is 127 Å². The molecule has 1 aliphatic heterocycles. The van der Waals surface area contributed by atoms with E-state index in [1.807, 2.05) is 13.0 Å². The van der Waals surface area contributed by atoms with Crippen molar-refractivity contribution < 1.29 is 43.5 Å². The minimum Gasteiger partial charge on any atom is -0.423 e. The SMILES string of the molecule is C[C@@H]1CN(C(=O)c2ccccc2)CCN1C(=O)C(=O)c1c[nH]c2c(NC(=O)NCCOCCOCCNC(=O)c3ccc(B(O)O)cc3)cccc12. The minimum atomic E-state index is -1.59. The maximum Gasteiger partial charge on any atom is 0.488 e. The number of anilines is 1. The lowest BCUT2D eigenvalue weighted by molar-refractivity contribution is -0.130.